The van der Waals surface area contributed by atoms with Crippen molar-refractivity contribution >= 4 is 5.91 Å². The standard InChI is InChI=1S/C49H91NO5/c1-3-5-7-9-11-13-15-17-19-20-21-22-23-24-25-26-27-29-31-33-35-37-39-41-43-47(53)49(55)50-45(44-51)48(54)46(52)42-40-38-36-34-32-30-28-18-16-14-12-10-8-6-4-2/h10,12,18,24-25,28,34,36,45-48,51-54H,3-9,11,13-17,19-23,26-27,29-33,35,37-44H2,1-2H3,(H,50,55)/b12-10+,25-24-,28-18+,36-34+. The lowest BCUT2D eigenvalue weighted by Gasteiger charge is -2.27. The number of nitrogens with one attached hydrogen (secondary N) is 1. The Kier molecular flexibility index (Phi) is 42.0. The predicted octanol–water partition coefficient (Wildman–Crippen LogP) is 12.7. The van der Waals surface area contributed by atoms with Crippen molar-refractivity contribution in [2.45, 2.75) is 250 Å². The molecule has 55 heavy (non-hydrogen) atoms. The van der Waals surface area contributed by atoms with Gasteiger partial charge in [0.2, 0.25) is 5.91 Å². The maximum absolute atomic E-state index is 12.5. The summed E-state index contributed by atoms with van der Waals surface area (Å²) in [7, 11) is 0. The van der Waals surface area contributed by atoms with E-state index in [2.05, 4.69) is 67.8 Å². The quantitative estimate of drug-likeness (QED) is 0.0313. The van der Waals surface area contributed by atoms with Crippen LogP contribution in [0.15, 0.2) is 48.6 Å². The van der Waals surface area contributed by atoms with Gasteiger partial charge < -0.3 is 25.7 Å². The molecule has 0 bridgehead atoms. The number of aliphatic hydroxyl groups is 4. The van der Waals surface area contributed by atoms with Crippen LogP contribution >= 0.6 is 0 Å². The molecule has 0 radical (unpaired) electrons. The molecule has 1 amide bonds. The molecule has 0 heterocycles. The number of rotatable bonds is 42. The minimum atomic E-state index is -1.29. The Hall–Kier alpha value is -1.73. The van der Waals surface area contributed by atoms with Gasteiger partial charge in [-0.05, 0) is 83.5 Å². The van der Waals surface area contributed by atoms with Crippen LogP contribution in [0.1, 0.15) is 226 Å². The molecule has 0 aliphatic heterocycles. The molecule has 0 rings (SSSR count). The molecule has 5 N–H and O–H groups in total. The number of amides is 1. The fourth-order valence-electron chi connectivity index (χ4n) is 6.95. The first-order valence-electron chi connectivity index (χ1n) is 23.5. The van der Waals surface area contributed by atoms with Crippen LogP contribution in [-0.2, 0) is 4.79 Å². The molecule has 0 aromatic carbocycles. The van der Waals surface area contributed by atoms with Crippen LogP contribution in [-0.4, -0.2) is 57.3 Å². The Labute approximate surface area is 340 Å². The Bertz CT molecular complexity index is 915. The van der Waals surface area contributed by atoms with Gasteiger partial charge in [-0.15, -0.1) is 0 Å². The summed E-state index contributed by atoms with van der Waals surface area (Å²) in [6.07, 6.45) is 52.9. The lowest BCUT2D eigenvalue weighted by Crippen LogP contribution is -2.53. The zero-order valence-electron chi connectivity index (χ0n) is 36.2. The van der Waals surface area contributed by atoms with E-state index in [0.717, 1.165) is 51.4 Å². The maximum Gasteiger partial charge on any atom is 0.249 e. The van der Waals surface area contributed by atoms with Crippen molar-refractivity contribution in [1.29, 1.82) is 0 Å². The Morgan fingerprint density at radius 1 is 0.436 bits per heavy atom. The molecule has 0 aromatic heterocycles. The second-order valence-corrected chi connectivity index (χ2v) is 16.1. The summed E-state index contributed by atoms with van der Waals surface area (Å²) in [4.78, 5) is 12.5. The van der Waals surface area contributed by atoms with E-state index in [1.54, 1.807) is 0 Å². The van der Waals surface area contributed by atoms with Crippen LogP contribution in [0.3, 0.4) is 0 Å². The van der Waals surface area contributed by atoms with E-state index in [4.69, 9.17) is 0 Å². The summed E-state index contributed by atoms with van der Waals surface area (Å²) >= 11 is 0. The normalized spacial score (nSPS) is 14.5. The highest BCUT2D eigenvalue weighted by Crippen LogP contribution is 2.15. The molecule has 6 nitrogen and oxygen atoms in total. The third kappa shape index (κ3) is 37.6. The first-order chi connectivity index (χ1) is 27.0. The summed E-state index contributed by atoms with van der Waals surface area (Å²) < 4.78 is 0. The molecule has 6 heteroatoms. The minimum absolute atomic E-state index is 0.354. The first kappa shape index (κ1) is 53.3. The summed E-state index contributed by atoms with van der Waals surface area (Å²) in [6.45, 7) is 3.99. The van der Waals surface area contributed by atoms with Crippen LogP contribution in [0.2, 0.25) is 0 Å². The van der Waals surface area contributed by atoms with Crippen LogP contribution in [0, 0.1) is 0 Å². The molecule has 4 atom stereocenters. The van der Waals surface area contributed by atoms with Gasteiger partial charge in [0.15, 0.2) is 0 Å². The van der Waals surface area contributed by atoms with Crippen molar-refractivity contribution in [3.63, 3.8) is 0 Å². The molecule has 322 valence electrons. The molecule has 0 aromatic rings. The number of allylic oxidation sites excluding steroid dienone is 8. The van der Waals surface area contributed by atoms with Gasteiger partial charge in [0.05, 0.1) is 18.8 Å². The number of unbranched alkanes of at least 4 members (excludes halogenated alkanes) is 25. The van der Waals surface area contributed by atoms with Gasteiger partial charge >= 0.3 is 0 Å². The van der Waals surface area contributed by atoms with E-state index in [9.17, 15) is 25.2 Å². The molecular formula is C49H91NO5. The van der Waals surface area contributed by atoms with E-state index in [1.165, 1.54) is 141 Å². The van der Waals surface area contributed by atoms with E-state index in [0.29, 0.717) is 19.3 Å². The summed E-state index contributed by atoms with van der Waals surface area (Å²) in [5.41, 5.74) is 0. The minimum Gasteiger partial charge on any atom is -0.394 e. The van der Waals surface area contributed by atoms with Gasteiger partial charge in [0.1, 0.15) is 12.2 Å². The molecule has 0 saturated carbocycles. The number of carbonyl (C=O) groups is 1. The number of hydrogen-bond acceptors (Lipinski definition) is 5. The molecule has 0 fully saturated rings. The van der Waals surface area contributed by atoms with Crippen molar-refractivity contribution < 1.29 is 25.2 Å². The molecule has 0 aliphatic carbocycles. The van der Waals surface area contributed by atoms with Crippen molar-refractivity contribution in [3.8, 4) is 0 Å². The van der Waals surface area contributed by atoms with Crippen molar-refractivity contribution in [2.24, 2.45) is 0 Å². The predicted molar refractivity (Wildman–Crippen MR) is 237 cm³/mol. The number of aliphatic hydroxyl groups excluding tert-OH is 4. The summed E-state index contributed by atoms with van der Waals surface area (Å²) in [6, 6.07) is -1.01. The van der Waals surface area contributed by atoms with Crippen LogP contribution in [0.25, 0.3) is 0 Å². The lowest BCUT2D eigenvalue weighted by molar-refractivity contribution is -0.132. The van der Waals surface area contributed by atoms with Gasteiger partial charge in [0, 0.05) is 0 Å². The zero-order chi connectivity index (χ0) is 40.3. The molecule has 0 saturated heterocycles. The van der Waals surface area contributed by atoms with Gasteiger partial charge in [-0.2, -0.15) is 0 Å². The monoisotopic (exact) mass is 774 g/mol. The number of hydrogen-bond donors (Lipinski definition) is 5. The van der Waals surface area contributed by atoms with Crippen LogP contribution in [0.4, 0.5) is 0 Å². The second kappa shape index (κ2) is 43.4. The Morgan fingerprint density at radius 2 is 0.782 bits per heavy atom. The van der Waals surface area contributed by atoms with Crippen LogP contribution in [0.5, 0.6) is 0 Å². The smallest absolute Gasteiger partial charge is 0.249 e. The topological polar surface area (TPSA) is 110 Å². The summed E-state index contributed by atoms with van der Waals surface area (Å²) in [5, 5.41) is 43.7. The highest BCUT2D eigenvalue weighted by molar-refractivity contribution is 5.80. The van der Waals surface area contributed by atoms with Crippen molar-refractivity contribution in [1.82, 2.24) is 5.32 Å². The van der Waals surface area contributed by atoms with E-state index < -0.39 is 36.9 Å². The fourth-order valence-corrected chi connectivity index (χ4v) is 6.95. The summed E-state index contributed by atoms with van der Waals surface area (Å²) in [5.74, 6) is -0.603. The average Bonchev–Trinajstić information content (AvgIpc) is 3.19. The van der Waals surface area contributed by atoms with Crippen molar-refractivity contribution in [3.05, 3.63) is 48.6 Å². The van der Waals surface area contributed by atoms with Gasteiger partial charge in [0.25, 0.3) is 0 Å². The van der Waals surface area contributed by atoms with E-state index in [-0.39, 0.29) is 0 Å². The van der Waals surface area contributed by atoms with Crippen LogP contribution < -0.4 is 5.32 Å². The van der Waals surface area contributed by atoms with Crippen molar-refractivity contribution in [2.75, 3.05) is 6.61 Å². The second-order valence-electron chi connectivity index (χ2n) is 16.1. The Morgan fingerprint density at radius 3 is 1.20 bits per heavy atom. The third-order valence-electron chi connectivity index (χ3n) is 10.7. The Balaban J connectivity index is 3.75. The van der Waals surface area contributed by atoms with Gasteiger partial charge in [-0.3, -0.25) is 4.79 Å². The molecule has 0 spiro atoms. The van der Waals surface area contributed by atoms with Gasteiger partial charge in [-0.25, -0.2) is 0 Å². The lowest BCUT2D eigenvalue weighted by atomic mass is 10.00. The first-order valence-corrected chi connectivity index (χ1v) is 23.5. The van der Waals surface area contributed by atoms with Gasteiger partial charge in [-0.1, -0.05) is 191 Å². The fraction of sp³-hybridized carbons (Fsp3) is 0.816. The molecular weight excluding hydrogens is 683 g/mol. The zero-order valence-corrected chi connectivity index (χ0v) is 36.2. The highest BCUT2D eigenvalue weighted by atomic mass is 16.3. The highest BCUT2D eigenvalue weighted by Gasteiger charge is 2.28. The largest absolute Gasteiger partial charge is 0.394 e. The van der Waals surface area contributed by atoms with E-state index >= 15 is 0 Å². The molecule has 0 aliphatic rings. The third-order valence-corrected chi connectivity index (χ3v) is 10.7. The number of carbonyl (C=O) groups excluding carboxylic acids is 1. The molecule has 4 unspecified atom stereocenters. The average molecular weight is 774 g/mol. The maximum atomic E-state index is 12.5. The SMILES string of the molecule is CCCC/C=C/CC/C=C/CC/C=C/CCCC(O)C(O)C(CO)NC(=O)C(O)CCCCCCCCCC/C=C\CCCCCCCCCCCCCC. The van der Waals surface area contributed by atoms with E-state index in [1.807, 2.05) is 0 Å².